The van der Waals surface area contributed by atoms with E-state index in [2.05, 4.69) is 25.2 Å². The quantitative estimate of drug-likeness (QED) is 0.672. The van der Waals surface area contributed by atoms with Crippen LogP contribution >= 0.6 is 11.6 Å². The van der Waals surface area contributed by atoms with E-state index in [1.807, 2.05) is 38.1 Å². The van der Waals surface area contributed by atoms with Gasteiger partial charge in [-0.2, -0.15) is 0 Å². The number of carbonyl (C=O) groups is 1. The minimum atomic E-state index is -1.03. The molecule has 0 heterocycles. The second-order valence-corrected chi connectivity index (χ2v) is 8.52. The van der Waals surface area contributed by atoms with Crippen LogP contribution in [0.1, 0.15) is 44.9 Å². The molecule has 1 aliphatic carbocycles. The molecule has 150 valence electrons. The van der Waals surface area contributed by atoms with Gasteiger partial charge in [0.1, 0.15) is 11.5 Å². The number of benzene rings is 2. The molecule has 2 N–H and O–H groups in total. The van der Waals surface area contributed by atoms with Crippen LogP contribution in [-0.4, -0.2) is 24.4 Å². The van der Waals surface area contributed by atoms with E-state index in [9.17, 15) is 9.90 Å². The topological polar surface area (TPSA) is 67.8 Å². The first-order valence-corrected chi connectivity index (χ1v) is 9.67. The Morgan fingerprint density at radius 3 is 2.54 bits per heavy atom. The molecule has 0 aliphatic heterocycles. The molecule has 0 fully saturated rings. The zero-order valence-electron chi connectivity index (χ0n) is 16.8. The summed E-state index contributed by atoms with van der Waals surface area (Å²) in [5.41, 5.74) is 3.69. The summed E-state index contributed by atoms with van der Waals surface area (Å²) < 4.78 is 11.3. The van der Waals surface area contributed by atoms with Crippen molar-refractivity contribution in [2.24, 2.45) is 5.41 Å². The number of amides is 1. The largest absolute Gasteiger partial charge is 0.496 e. The number of carboxylic acid groups (broad SMARTS) is 1. The summed E-state index contributed by atoms with van der Waals surface area (Å²) in [5.74, 6) is 1.33. The van der Waals surface area contributed by atoms with Crippen LogP contribution in [0.15, 0.2) is 30.3 Å². The van der Waals surface area contributed by atoms with Gasteiger partial charge in [0.05, 0.1) is 24.3 Å². The highest BCUT2D eigenvalue weighted by atomic mass is 35.5. The molecule has 0 radical (unpaired) electrons. The smallest absolute Gasteiger partial charge is 0.405 e. The molecule has 0 saturated heterocycles. The number of fused-ring (bicyclic) bond motifs is 1. The minimum Gasteiger partial charge on any atom is -0.496 e. The molecule has 2 aromatic rings. The van der Waals surface area contributed by atoms with Crippen molar-refractivity contribution in [2.75, 3.05) is 7.11 Å². The van der Waals surface area contributed by atoms with Crippen LogP contribution in [0.2, 0.25) is 5.02 Å². The van der Waals surface area contributed by atoms with Crippen molar-refractivity contribution >= 4 is 17.7 Å². The average molecular weight is 404 g/mol. The maximum Gasteiger partial charge on any atom is 0.405 e. The summed E-state index contributed by atoms with van der Waals surface area (Å²) in [7, 11) is 1.61. The van der Waals surface area contributed by atoms with Crippen LogP contribution in [0.4, 0.5) is 4.79 Å². The summed E-state index contributed by atoms with van der Waals surface area (Å²) in [4.78, 5) is 11.3. The van der Waals surface area contributed by atoms with Crippen molar-refractivity contribution < 1.29 is 19.4 Å². The molecule has 0 bridgehead atoms. The predicted octanol–water partition coefficient (Wildman–Crippen LogP) is 5.69. The molecule has 5 nitrogen and oxygen atoms in total. The lowest BCUT2D eigenvalue weighted by molar-refractivity contribution is 0.175. The molecular weight excluding hydrogens is 378 g/mol. The molecule has 28 heavy (non-hydrogen) atoms. The third kappa shape index (κ3) is 3.90. The van der Waals surface area contributed by atoms with E-state index in [-0.39, 0.29) is 17.6 Å². The molecule has 6 heteroatoms. The van der Waals surface area contributed by atoms with Crippen LogP contribution in [0.5, 0.6) is 11.5 Å². The fraction of sp³-hybridized carbons (Fsp3) is 0.409. The van der Waals surface area contributed by atoms with Gasteiger partial charge in [0.25, 0.3) is 0 Å². The number of nitrogens with one attached hydrogen (secondary N) is 1. The highest BCUT2D eigenvalue weighted by Crippen LogP contribution is 2.49. The molecule has 2 aromatic carbocycles. The van der Waals surface area contributed by atoms with Gasteiger partial charge in [-0.3, -0.25) is 0 Å². The van der Waals surface area contributed by atoms with Gasteiger partial charge in [0.15, 0.2) is 0 Å². The normalized spacial score (nSPS) is 17.3. The highest BCUT2D eigenvalue weighted by molar-refractivity contribution is 6.32. The Morgan fingerprint density at radius 1 is 1.25 bits per heavy atom. The van der Waals surface area contributed by atoms with Crippen molar-refractivity contribution in [3.8, 4) is 22.6 Å². The Hall–Kier alpha value is -2.40. The molecule has 0 spiro atoms. The Balaban J connectivity index is 2.05. The maximum absolute atomic E-state index is 11.3. The zero-order chi connectivity index (χ0) is 20.6. The SMILES string of the molecule is COc1cc2c(cc1-c1ccc(OC(C)C)c(Cl)c1)CC(C)(C)C2NC(=O)O. The summed E-state index contributed by atoms with van der Waals surface area (Å²) in [6, 6.07) is 9.43. The van der Waals surface area contributed by atoms with Crippen molar-refractivity contribution in [1.29, 1.82) is 0 Å². The molecular formula is C22H26ClNO4. The average Bonchev–Trinajstić information content (AvgIpc) is 2.84. The molecule has 1 aliphatic rings. The third-order valence-corrected chi connectivity index (χ3v) is 5.37. The van der Waals surface area contributed by atoms with E-state index < -0.39 is 6.09 Å². The summed E-state index contributed by atoms with van der Waals surface area (Å²) >= 11 is 6.42. The van der Waals surface area contributed by atoms with Crippen molar-refractivity contribution in [3.05, 3.63) is 46.5 Å². The summed E-state index contributed by atoms with van der Waals surface area (Å²) in [6.45, 7) is 8.04. The van der Waals surface area contributed by atoms with Gasteiger partial charge in [0, 0.05) is 5.56 Å². The predicted molar refractivity (Wildman–Crippen MR) is 111 cm³/mol. The van der Waals surface area contributed by atoms with Crippen LogP contribution < -0.4 is 14.8 Å². The van der Waals surface area contributed by atoms with Gasteiger partial charge >= 0.3 is 6.09 Å². The van der Waals surface area contributed by atoms with E-state index in [0.717, 1.165) is 28.7 Å². The van der Waals surface area contributed by atoms with E-state index in [4.69, 9.17) is 21.1 Å². The summed E-state index contributed by atoms with van der Waals surface area (Å²) in [6.07, 6.45) is -0.215. The molecule has 0 saturated carbocycles. The Bertz CT molecular complexity index is 908. The van der Waals surface area contributed by atoms with Gasteiger partial charge in [0.2, 0.25) is 0 Å². The lowest BCUT2D eigenvalue weighted by atomic mass is 9.85. The van der Waals surface area contributed by atoms with Gasteiger partial charge < -0.3 is 19.9 Å². The van der Waals surface area contributed by atoms with Crippen molar-refractivity contribution in [1.82, 2.24) is 5.32 Å². The standard InChI is InChI=1S/C22H26ClNO4/c1-12(2)28-18-7-6-13(9-17(18)23)15-8-14-11-22(3,4)20(24-21(25)26)16(14)10-19(15)27-5/h6-10,12,20,24H,11H2,1-5H3,(H,25,26). The second kappa shape index (κ2) is 7.55. The van der Waals surface area contributed by atoms with Gasteiger partial charge in [-0.1, -0.05) is 31.5 Å². The van der Waals surface area contributed by atoms with Crippen LogP contribution in [0.25, 0.3) is 11.1 Å². The number of hydrogen-bond donors (Lipinski definition) is 2. The van der Waals surface area contributed by atoms with Crippen LogP contribution in [-0.2, 0) is 6.42 Å². The lowest BCUT2D eigenvalue weighted by Crippen LogP contribution is -2.34. The van der Waals surface area contributed by atoms with E-state index in [0.29, 0.717) is 16.5 Å². The number of methoxy groups -OCH3 is 1. The van der Waals surface area contributed by atoms with Gasteiger partial charge in [-0.15, -0.1) is 0 Å². The molecule has 1 amide bonds. The first-order valence-electron chi connectivity index (χ1n) is 9.29. The zero-order valence-corrected chi connectivity index (χ0v) is 17.6. The molecule has 1 atom stereocenters. The van der Waals surface area contributed by atoms with Gasteiger partial charge in [-0.05, 0) is 66.6 Å². The lowest BCUT2D eigenvalue weighted by Gasteiger charge is -2.27. The van der Waals surface area contributed by atoms with Crippen molar-refractivity contribution in [3.63, 3.8) is 0 Å². The monoisotopic (exact) mass is 403 g/mol. The molecule has 0 aromatic heterocycles. The second-order valence-electron chi connectivity index (χ2n) is 8.11. The number of rotatable bonds is 5. The Morgan fingerprint density at radius 2 is 1.96 bits per heavy atom. The highest BCUT2D eigenvalue weighted by Gasteiger charge is 2.40. The van der Waals surface area contributed by atoms with Gasteiger partial charge in [-0.25, -0.2) is 4.79 Å². The van der Waals surface area contributed by atoms with E-state index in [1.165, 1.54) is 0 Å². The third-order valence-electron chi connectivity index (χ3n) is 5.07. The fourth-order valence-electron chi connectivity index (χ4n) is 3.89. The molecule has 1 unspecified atom stereocenters. The number of hydrogen-bond acceptors (Lipinski definition) is 3. The fourth-order valence-corrected chi connectivity index (χ4v) is 4.11. The first-order chi connectivity index (χ1) is 13.1. The van der Waals surface area contributed by atoms with E-state index >= 15 is 0 Å². The Labute approximate surface area is 170 Å². The summed E-state index contributed by atoms with van der Waals surface area (Å²) in [5, 5.41) is 12.4. The van der Waals surface area contributed by atoms with Crippen molar-refractivity contribution in [2.45, 2.75) is 46.3 Å². The number of halogens is 1. The Kier molecular flexibility index (Phi) is 5.48. The first kappa shape index (κ1) is 20.3. The molecule has 3 rings (SSSR count). The van der Waals surface area contributed by atoms with E-state index in [1.54, 1.807) is 7.11 Å². The van der Waals surface area contributed by atoms with Crippen LogP contribution in [0.3, 0.4) is 0 Å². The van der Waals surface area contributed by atoms with Crippen LogP contribution in [0, 0.1) is 5.41 Å². The number of ether oxygens (including phenoxy) is 2. The maximum atomic E-state index is 11.3. The minimum absolute atomic E-state index is 0.0405.